The number of aryl methyl sites for hydroxylation is 3. The summed E-state index contributed by atoms with van der Waals surface area (Å²) in [5.74, 6) is 0.525. The van der Waals surface area contributed by atoms with Crippen molar-refractivity contribution in [3.8, 4) is 0 Å². The molecule has 0 unspecified atom stereocenters. The van der Waals surface area contributed by atoms with E-state index in [9.17, 15) is 18.0 Å². The first-order valence-electron chi connectivity index (χ1n) is 10.9. The van der Waals surface area contributed by atoms with Gasteiger partial charge in [0.2, 0.25) is 0 Å². The van der Waals surface area contributed by atoms with E-state index < -0.39 is 17.6 Å². The minimum absolute atomic E-state index is 0.453. The van der Waals surface area contributed by atoms with Crippen LogP contribution >= 0.6 is 0 Å². The van der Waals surface area contributed by atoms with Crippen LogP contribution in [0.4, 0.5) is 13.2 Å². The van der Waals surface area contributed by atoms with E-state index in [1.807, 2.05) is 45.6 Å². The summed E-state index contributed by atoms with van der Waals surface area (Å²) < 4.78 is 35.8. The molecule has 6 nitrogen and oxygen atoms in total. The lowest BCUT2D eigenvalue weighted by Gasteiger charge is -2.26. The van der Waals surface area contributed by atoms with Crippen LogP contribution in [0.5, 0.6) is 0 Å². The van der Waals surface area contributed by atoms with Gasteiger partial charge in [0, 0.05) is 5.56 Å². The van der Waals surface area contributed by atoms with Gasteiger partial charge >= 0.3 is 6.18 Å². The molecule has 1 aliphatic rings. The minimum atomic E-state index is -4.21. The second kappa shape index (κ2) is 18.3. The van der Waals surface area contributed by atoms with Gasteiger partial charge in [0.15, 0.2) is 0 Å². The van der Waals surface area contributed by atoms with Gasteiger partial charge in [-0.25, -0.2) is 5.48 Å². The summed E-state index contributed by atoms with van der Waals surface area (Å²) in [6, 6.07) is 10.6. The number of amides is 1. The van der Waals surface area contributed by atoms with Crippen LogP contribution in [-0.4, -0.2) is 49.7 Å². The van der Waals surface area contributed by atoms with Crippen molar-refractivity contribution in [3.63, 3.8) is 0 Å². The maximum absolute atomic E-state index is 11.9. The number of carbonyl (C=O) groups excluding carboxylic acids is 3. The number of hydrogen-bond acceptors (Lipinski definition) is 5. The predicted octanol–water partition coefficient (Wildman–Crippen LogP) is 5.41. The lowest BCUT2D eigenvalue weighted by atomic mass is 10.00. The largest absolute Gasteiger partial charge is 0.416 e. The molecule has 1 aliphatic heterocycles. The number of nitrogens with one attached hydrogen (secondary N) is 1. The van der Waals surface area contributed by atoms with Crippen LogP contribution in [0.25, 0.3) is 0 Å². The quantitative estimate of drug-likeness (QED) is 0.405. The van der Waals surface area contributed by atoms with Crippen LogP contribution in [0.15, 0.2) is 42.5 Å². The molecule has 196 valence electrons. The fraction of sp³-hybridized carbons (Fsp3) is 0.423. The van der Waals surface area contributed by atoms with E-state index in [1.165, 1.54) is 38.1 Å². The number of benzene rings is 2. The lowest BCUT2D eigenvalue weighted by Crippen LogP contribution is -2.28. The summed E-state index contributed by atoms with van der Waals surface area (Å²) >= 11 is 0. The fourth-order valence-corrected chi connectivity index (χ4v) is 3.11. The topological polar surface area (TPSA) is 86.7 Å². The number of alkyl halides is 3. The van der Waals surface area contributed by atoms with Crippen LogP contribution in [0.2, 0.25) is 0 Å². The first kappa shape index (κ1) is 34.1. The van der Waals surface area contributed by atoms with Crippen molar-refractivity contribution < 1.29 is 32.8 Å². The molecule has 1 amide bonds. The number of hydroxylamine groups is 1. The SMILES string of the molecule is C=O.C=O.CC1CCN(C)CC1.Cc1ccc(C(F)(F)F)cc1.Cc1cccc(C)c1C(=O)NO. The van der Waals surface area contributed by atoms with E-state index in [0.717, 1.165) is 34.7 Å². The number of likely N-dealkylation sites (tertiary alicyclic amines) is 1. The number of rotatable bonds is 1. The summed E-state index contributed by atoms with van der Waals surface area (Å²) in [4.78, 5) is 29.5. The molecule has 35 heavy (non-hydrogen) atoms. The van der Waals surface area contributed by atoms with Gasteiger partial charge in [-0.2, -0.15) is 13.2 Å². The van der Waals surface area contributed by atoms with Gasteiger partial charge in [0.25, 0.3) is 5.91 Å². The highest BCUT2D eigenvalue weighted by Gasteiger charge is 2.29. The van der Waals surface area contributed by atoms with E-state index in [2.05, 4.69) is 18.9 Å². The highest BCUT2D eigenvalue weighted by Crippen LogP contribution is 2.28. The van der Waals surface area contributed by atoms with Crippen LogP contribution in [0.3, 0.4) is 0 Å². The second-order valence-electron chi connectivity index (χ2n) is 8.06. The van der Waals surface area contributed by atoms with Crippen molar-refractivity contribution >= 4 is 19.5 Å². The van der Waals surface area contributed by atoms with E-state index in [1.54, 1.807) is 12.4 Å². The fourth-order valence-electron chi connectivity index (χ4n) is 3.11. The molecule has 0 saturated carbocycles. The number of piperidine rings is 1. The van der Waals surface area contributed by atoms with Crippen molar-refractivity contribution in [1.82, 2.24) is 10.4 Å². The summed E-state index contributed by atoms with van der Waals surface area (Å²) in [7, 11) is 2.20. The van der Waals surface area contributed by atoms with Gasteiger partial charge in [0.05, 0.1) is 5.56 Å². The van der Waals surface area contributed by atoms with E-state index in [-0.39, 0.29) is 0 Å². The van der Waals surface area contributed by atoms with Crippen LogP contribution in [0.1, 0.15) is 52.4 Å². The number of halogens is 3. The molecular formula is C26H37F3N2O4. The Bertz CT molecular complexity index is 818. The molecule has 2 aromatic carbocycles. The zero-order valence-electron chi connectivity index (χ0n) is 21.1. The van der Waals surface area contributed by atoms with Crippen molar-refractivity contribution in [2.24, 2.45) is 5.92 Å². The van der Waals surface area contributed by atoms with Gasteiger partial charge in [0.1, 0.15) is 13.6 Å². The van der Waals surface area contributed by atoms with Crippen LogP contribution in [0, 0.1) is 26.7 Å². The number of carbonyl (C=O) groups is 3. The smallest absolute Gasteiger partial charge is 0.307 e. The third kappa shape index (κ3) is 14.1. The molecule has 0 aromatic heterocycles. The number of hydrogen-bond donors (Lipinski definition) is 2. The highest BCUT2D eigenvalue weighted by atomic mass is 19.4. The van der Waals surface area contributed by atoms with Gasteiger partial charge in [-0.1, -0.05) is 42.8 Å². The van der Waals surface area contributed by atoms with Crippen molar-refractivity contribution in [1.29, 1.82) is 0 Å². The zero-order chi connectivity index (χ0) is 27.6. The standard InChI is InChI=1S/C9H11NO2.C8H7F3.C7H15N.2CH2O/c1-6-4-3-5-7(2)8(6)9(11)10-12;1-6-2-4-7(5-3-6)8(9,10)11;1-7-3-5-8(2)6-4-7;2*1-2/h3-5,12H,1-2H3,(H,10,11);2-5H,1H3;7H,3-6H2,1-2H3;2*1H2. The molecule has 2 N–H and O–H groups in total. The Hall–Kier alpha value is -3.04. The van der Waals surface area contributed by atoms with E-state index >= 15 is 0 Å². The van der Waals surface area contributed by atoms with Crippen molar-refractivity contribution in [2.75, 3.05) is 20.1 Å². The average Bonchev–Trinajstić information content (AvgIpc) is 2.84. The Morgan fingerprint density at radius 3 is 1.71 bits per heavy atom. The van der Waals surface area contributed by atoms with Gasteiger partial charge in [-0.15, -0.1) is 0 Å². The lowest BCUT2D eigenvalue weighted by molar-refractivity contribution is -0.137. The molecule has 1 saturated heterocycles. The van der Waals surface area contributed by atoms with Crippen molar-refractivity contribution in [3.05, 3.63) is 70.3 Å². The average molecular weight is 499 g/mol. The normalized spacial score (nSPS) is 13.2. The minimum Gasteiger partial charge on any atom is -0.307 e. The van der Waals surface area contributed by atoms with Gasteiger partial charge in [-0.05, 0) is 82.9 Å². The maximum Gasteiger partial charge on any atom is 0.416 e. The van der Waals surface area contributed by atoms with E-state index in [0.29, 0.717) is 5.56 Å². The first-order valence-corrected chi connectivity index (χ1v) is 10.9. The van der Waals surface area contributed by atoms with Gasteiger partial charge < -0.3 is 14.5 Å². The molecule has 0 bridgehead atoms. The molecule has 2 aromatic rings. The molecule has 0 radical (unpaired) electrons. The third-order valence-corrected chi connectivity index (χ3v) is 5.20. The third-order valence-electron chi connectivity index (χ3n) is 5.20. The Kier molecular flexibility index (Phi) is 17.9. The molecule has 0 aliphatic carbocycles. The Labute approximate surface area is 206 Å². The second-order valence-corrected chi connectivity index (χ2v) is 8.06. The number of nitrogens with zero attached hydrogens (tertiary/aromatic N) is 1. The highest BCUT2D eigenvalue weighted by molar-refractivity contribution is 5.96. The summed E-state index contributed by atoms with van der Waals surface area (Å²) in [5.41, 5.74) is 4.13. The monoisotopic (exact) mass is 498 g/mol. The molecule has 1 fully saturated rings. The molecular weight excluding hydrogens is 461 g/mol. The maximum atomic E-state index is 11.9. The molecule has 3 rings (SSSR count). The molecule has 1 heterocycles. The first-order chi connectivity index (χ1) is 16.5. The molecule has 9 heteroatoms. The molecule has 0 spiro atoms. The van der Waals surface area contributed by atoms with Gasteiger partial charge in [-0.3, -0.25) is 10.0 Å². The van der Waals surface area contributed by atoms with Crippen LogP contribution in [-0.2, 0) is 15.8 Å². The van der Waals surface area contributed by atoms with Crippen LogP contribution < -0.4 is 5.48 Å². The molecule has 0 atom stereocenters. The summed E-state index contributed by atoms with van der Waals surface area (Å²) in [6.07, 6.45) is -1.42. The summed E-state index contributed by atoms with van der Waals surface area (Å²) in [6.45, 7) is 14.4. The Morgan fingerprint density at radius 2 is 1.37 bits per heavy atom. The zero-order valence-corrected chi connectivity index (χ0v) is 21.1. The van der Waals surface area contributed by atoms with Crippen molar-refractivity contribution in [2.45, 2.75) is 46.7 Å². The Morgan fingerprint density at radius 1 is 0.943 bits per heavy atom. The Balaban J connectivity index is 0. The predicted molar refractivity (Wildman–Crippen MR) is 131 cm³/mol. The van der Waals surface area contributed by atoms with E-state index in [4.69, 9.17) is 14.8 Å². The summed E-state index contributed by atoms with van der Waals surface area (Å²) in [5, 5.41) is 8.44.